The van der Waals surface area contributed by atoms with Gasteiger partial charge in [-0.1, -0.05) is 0 Å². The molecule has 0 aromatic carbocycles. The number of thiazole rings is 1. The normalized spacial score (nSPS) is 20.2. The van der Waals surface area contributed by atoms with E-state index in [1.807, 2.05) is 24.4 Å². The quantitative estimate of drug-likeness (QED) is 0.846. The number of amides is 1. The summed E-state index contributed by atoms with van der Waals surface area (Å²) >= 11 is 1.42. The molecule has 3 rings (SSSR count). The first-order valence-electron chi connectivity index (χ1n) is 8.01. The molecule has 25 heavy (non-hydrogen) atoms. The average molecular weight is 364 g/mol. The third kappa shape index (κ3) is 4.08. The number of carboxylic acids is 1. The number of methoxy groups -OCH3 is 1. The molecule has 0 radical (unpaired) electrons. The second kappa shape index (κ2) is 7.37. The maximum Gasteiger partial charge on any atom is 0.305 e. The summed E-state index contributed by atoms with van der Waals surface area (Å²) in [6, 6.07) is 3.39. The molecule has 0 bridgehead atoms. The highest BCUT2D eigenvalue weighted by molar-refractivity contribution is 7.13. The number of hydrogen-bond donors (Lipinski definition) is 1. The van der Waals surface area contributed by atoms with E-state index >= 15 is 0 Å². The molecule has 134 valence electrons. The molecule has 1 fully saturated rings. The van der Waals surface area contributed by atoms with Crippen molar-refractivity contribution in [1.29, 1.82) is 0 Å². The van der Waals surface area contributed by atoms with Crippen molar-refractivity contribution in [3.05, 3.63) is 29.0 Å². The number of nitrogens with zero attached hydrogens (tertiary/aromatic N) is 2. The molecule has 1 amide bonds. The highest BCUT2D eigenvalue weighted by Crippen LogP contribution is 2.27. The minimum atomic E-state index is -0.913. The maximum absolute atomic E-state index is 12.6. The van der Waals surface area contributed by atoms with Crippen LogP contribution in [-0.2, 0) is 20.7 Å². The molecule has 8 heteroatoms. The lowest BCUT2D eigenvalue weighted by Gasteiger charge is -2.22. The number of likely N-dealkylation sites (tertiary alicyclic amines) is 1. The van der Waals surface area contributed by atoms with Gasteiger partial charge >= 0.3 is 5.97 Å². The van der Waals surface area contributed by atoms with Crippen molar-refractivity contribution < 1.29 is 23.8 Å². The Hall–Kier alpha value is -2.19. The first-order valence-corrected chi connectivity index (χ1v) is 8.89. The van der Waals surface area contributed by atoms with Gasteiger partial charge < -0.3 is 19.2 Å². The van der Waals surface area contributed by atoms with E-state index < -0.39 is 5.97 Å². The van der Waals surface area contributed by atoms with Gasteiger partial charge in [-0.3, -0.25) is 9.59 Å². The second-order valence-electron chi connectivity index (χ2n) is 6.12. The lowest BCUT2D eigenvalue weighted by Crippen LogP contribution is -2.38. The fourth-order valence-electron chi connectivity index (χ4n) is 3.05. The molecule has 7 nitrogen and oxygen atoms in total. The SMILES string of the molecule is COC1CC(CC(=O)O)N(C(=O)Cc2csc(-c3ccc(C)o3)n2)C1. The standard InChI is InChI=1S/C17H20N2O5S/c1-10-3-4-14(24-10)17-18-11(9-25-17)5-15(20)19-8-13(23-2)6-12(19)7-16(21)22/h3-4,9,12-13H,5-8H2,1-2H3,(H,21,22). The van der Waals surface area contributed by atoms with Crippen molar-refractivity contribution in [3.63, 3.8) is 0 Å². The van der Waals surface area contributed by atoms with Crippen LogP contribution in [0.2, 0.25) is 0 Å². The first-order chi connectivity index (χ1) is 12.0. The van der Waals surface area contributed by atoms with Crippen LogP contribution in [0.25, 0.3) is 10.8 Å². The largest absolute Gasteiger partial charge is 0.481 e. The van der Waals surface area contributed by atoms with E-state index in [1.165, 1.54) is 11.3 Å². The molecule has 1 aliphatic rings. The first kappa shape index (κ1) is 17.6. The topological polar surface area (TPSA) is 92.9 Å². The summed E-state index contributed by atoms with van der Waals surface area (Å²) in [6.45, 7) is 2.28. The van der Waals surface area contributed by atoms with E-state index in [0.29, 0.717) is 24.4 Å². The smallest absolute Gasteiger partial charge is 0.305 e. The van der Waals surface area contributed by atoms with Crippen LogP contribution in [-0.4, -0.2) is 52.7 Å². The summed E-state index contributed by atoms with van der Waals surface area (Å²) in [5.74, 6) is 0.453. The van der Waals surface area contributed by atoms with Gasteiger partial charge in [-0.05, 0) is 25.5 Å². The van der Waals surface area contributed by atoms with Gasteiger partial charge in [-0.2, -0.15) is 0 Å². The van der Waals surface area contributed by atoms with E-state index in [9.17, 15) is 9.59 Å². The predicted octanol–water partition coefficient (Wildman–Crippen LogP) is 2.34. The van der Waals surface area contributed by atoms with E-state index in [1.54, 1.807) is 12.0 Å². The average Bonchev–Trinajstić information content (AvgIpc) is 3.26. The van der Waals surface area contributed by atoms with Gasteiger partial charge in [0.1, 0.15) is 5.76 Å². The molecule has 2 atom stereocenters. The second-order valence-corrected chi connectivity index (χ2v) is 6.98. The van der Waals surface area contributed by atoms with Crippen molar-refractivity contribution in [2.45, 2.75) is 38.3 Å². The number of hydrogen-bond acceptors (Lipinski definition) is 6. The number of carbonyl (C=O) groups is 2. The van der Waals surface area contributed by atoms with Crippen LogP contribution in [0.5, 0.6) is 0 Å². The summed E-state index contributed by atoms with van der Waals surface area (Å²) in [4.78, 5) is 29.7. The van der Waals surface area contributed by atoms with Crippen molar-refractivity contribution in [2.75, 3.05) is 13.7 Å². The Labute approximate surface area is 149 Å². The molecule has 0 spiro atoms. The monoisotopic (exact) mass is 364 g/mol. The summed E-state index contributed by atoms with van der Waals surface area (Å²) in [7, 11) is 1.58. The molecule has 1 aliphatic heterocycles. The third-order valence-corrected chi connectivity index (χ3v) is 5.18. The minimum absolute atomic E-state index is 0.0699. The molecule has 0 aliphatic carbocycles. The highest BCUT2D eigenvalue weighted by Gasteiger charge is 2.36. The number of aryl methyl sites for hydroxylation is 1. The molecular formula is C17H20N2O5S. The summed E-state index contributed by atoms with van der Waals surface area (Å²) < 4.78 is 10.9. The Morgan fingerprint density at radius 1 is 1.48 bits per heavy atom. The van der Waals surface area contributed by atoms with Crippen LogP contribution in [0.4, 0.5) is 0 Å². The van der Waals surface area contributed by atoms with Crippen LogP contribution < -0.4 is 0 Å². The molecule has 1 N–H and O–H groups in total. The van der Waals surface area contributed by atoms with Gasteiger partial charge in [0.05, 0.1) is 24.6 Å². The summed E-state index contributed by atoms with van der Waals surface area (Å²) in [5, 5.41) is 11.6. The van der Waals surface area contributed by atoms with Crippen LogP contribution in [0.1, 0.15) is 24.3 Å². The number of rotatable bonds is 6. The Kier molecular flexibility index (Phi) is 5.19. The molecule has 0 saturated carbocycles. The molecule has 2 aromatic heterocycles. The zero-order chi connectivity index (χ0) is 18.0. The Balaban J connectivity index is 1.68. The number of furan rings is 1. The van der Waals surface area contributed by atoms with Gasteiger partial charge in [-0.25, -0.2) is 4.98 Å². The van der Waals surface area contributed by atoms with Crippen molar-refractivity contribution in [3.8, 4) is 10.8 Å². The van der Waals surface area contributed by atoms with Gasteiger partial charge in [0, 0.05) is 25.1 Å². The number of ether oxygens (including phenoxy) is 1. The zero-order valence-electron chi connectivity index (χ0n) is 14.1. The van der Waals surface area contributed by atoms with Crippen LogP contribution >= 0.6 is 11.3 Å². The van der Waals surface area contributed by atoms with Gasteiger partial charge in [0.2, 0.25) is 5.91 Å². The van der Waals surface area contributed by atoms with Crippen molar-refractivity contribution >= 4 is 23.2 Å². The third-order valence-electron chi connectivity index (χ3n) is 4.28. The lowest BCUT2D eigenvalue weighted by molar-refractivity contribution is -0.139. The summed E-state index contributed by atoms with van der Waals surface area (Å²) in [5.41, 5.74) is 0.661. The van der Waals surface area contributed by atoms with Crippen LogP contribution in [0.15, 0.2) is 21.9 Å². The highest BCUT2D eigenvalue weighted by atomic mass is 32.1. The van der Waals surface area contributed by atoms with E-state index in [-0.39, 0.29) is 30.9 Å². The van der Waals surface area contributed by atoms with Crippen LogP contribution in [0, 0.1) is 6.92 Å². The fraction of sp³-hybridized carbons (Fsp3) is 0.471. The van der Waals surface area contributed by atoms with Gasteiger partial charge in [0.15, 0.2) is 10.8 Å². The Morgan fingerprint density at radius 2 is 2.28 bits per heavy atom. The Morgan fingerprint density at radius 3 is 2.92 bits per heavy atom. The number of carboxylic acid groups (broad SMARTS) is 1. The number of carbonyl (C=O) groups excluding carboxylic acids is 1. The predicted molar refractivity (Wildman–Crippen MR) is 91.4 cm³/mol. The van der Waals surface area contributed by atoms with E-state index in [0.717, 1.165) is 10.8 Å². The molecule has 3 heterocycles. The number of aliphatic carboxylic acids is 1. The molecule has 2 unspecified atom stereocenters. The van der Waals surface area contributed by atoms with E-state index in [2.05, 4.69) is 4.98 Å². The number of aromatic nitrogens is 1. The Bertz CT molecular complexity index is 769. The lowest BCUT2D eigenvalue weighted by atomic mass is 10.1. The van der Waals surface area contributed by atoms with Gasteiger partial charge in [-0.15, -0.1) is 11.3 Å². The fourth-order valence-corrected chi connectivity index (χ4v) is 3.83. The summed E-state index contributed by atoms with van der Waals surface area (Å²) in [6.07, 6.45) is 0.496. The van der Waals surface area contributed by atoms with Crippen LogP contribution in [0.3, 0.4) is 0 Å². The zero-order valence-corrected chi connectivity index (χ0v) is 14.9. The molecule has 2 aromatic rings. The van der Waals surface area contributed by atoms with Crippen molar-refractivity contribution in [2.24, 2.45) is 0 Å². The van der Waals surface area contributed by atoms with Gasteiger partial charge in [0.25, 0.3) is 0 Å². The molecule has 1 saturated heterocycles. The van der Waals surface area contributed by atoms with Crippen molar-refractivity contribution in [1.82, 2.24) is 9.88 Å². The van der Waals surface area contributed by atoms with E-state index in [4.69, 9.17) is 14.3 Å². The minimum Gasteiger partial charge on any atom is -0.481 e. The molecular weight excluding hydrogens is 344 g/mol. The maximum atomic E-state index is 12.6.